The van der Waals surface area contributed by atoms with Crippen molar-refractivity contribution in [3.05, 3.63) is 0 Å². The molecule has 0 aliphatic carbocycles. The Labute approximate surface area is 143 Å². The highest BCUT2D eigenvalue weighted by Crippen LogP contribution is 2.12. The average molecular weight is 332 g/mol. The topological polar surface area (TPSA) is 72.7 Å². The maximum absolute atomic E-state index is 8.71. The van der Waals surface area contributed by atoms with Gasteiger partial charge in [0, 0.05) is 13.0 Å². The van der Waals surface area contributed by atoms with Crippen LogP contribution in [0.15, 0.2) is 0 Å². The molecule has 0 aliphatic heterocycles. The maximum atomic E-state index is 8.71. The van der Waals surface area contributed by atoms with E-state index in [4.69, 9.17) is 15.3 Å². The molecule has 0 aromatic rings. The average Bonchev–Trinajstić information content (AvgIpc) is 2.49. The standard InChI is InChI=1S/C19H41NO3/c1-2-3-4-5-6-7-8-9-10-11-12-13-14-15-17-20-18-16-19(21,22)23/h20-23H,2-18H2,1H3. The van der Waals surface area contributed by atoms with Crippen LogP contribution in [0.2, 0.25) is 0 Å². The van der Waals surface area contributed by atoms with Gasteiger partial charge in [0.1, 0.15) is 0 Å². The van der Waals surface area contributed by atoms with E-state index in [9.17, 15) is 0 Å². The number of nitrogens with one attached hydrogen (secondary N) is 1. The summed E-state index contributed by atoms with van der Waals surface area (Å²) in [5, 5.41) is 29.2. The lowest BCUT2D eigenvalue weighted by Crippen LogP contribution is -2.32. The molecule has 0 saturated carbocycles. The predicted molar refractivity (Wildman–Crippen MR) is 97.2 cm³/mol. The van der Waals surface area contributed by atoms with E-state index in [2.05, 4.69) is 12.2 Å². The third-order valence-corrected chi connectivity index (χ3v) is 4.34. The van der Waals surface area contributed by atoms with Gasteiger partial charge >= 0.3 is 0 Å². The zero-order valence-corrected chi connectivity index (χ0v) is 15.4. The van der Waals surface area contributed by atoms with Gasteiger partial charge in [-0.2, -0.15) is 0 Å². The summed E-state index contributed by atoms with van der Waals surface area (Å²) in [5.74, 6) is -2.53. The fraction of sp³-hybridized carbons (Fsp3) is 1.00. The van der Waals surface area contributed by atoms with E-state index in [-0.39, 0.29) is 6.42 Å². The number of rotatable bonds is 18. The number of aliphatic hydroxyl groups is 3. The molecule has 0 spiro atoms. The van der Waals surface area contributed by atoms with E-state index in [0.29, 0.717) is 6.54 Å². The van der Waals surface area contributed by atoms with Gasteiger partial charge in [0.15, 0.2) is 0 Å². The Morgan fingerprint density at radius 1 is 0.565 bits per heavy atom. The first kappa shape index (κ1) is 22.8. The molecule has 0 atom stereocenters. The van der Waals surface area contributed by atoms with Gasteiger partial charge in [-0.1, -0.05) is 90.4 Å². The summed E-state index contributed by atoms with van der Waals surface area (Å²) in [7, 11) is 0. The summed E-state index contributed by atoms with van der Waals surface area (Å²) in [6, 6.07) is 0. The fourth-order valence-electron chi connectivity index (χ4n) is 2.83. The fourth-order valence-corrected chi connectivity index (χ4v) is 2.83. The third kappa shape index (κ3) is 21.8. The second-order valence-corrected chi connectivity index (χ2v) is 6.87. The molecule has 0 aromatic carbocycles. The van der Waals surface area contributed by atoms with Crippen LogP contribution in [0.1, 0.15) is 103 Å². The summed E-state index contributed by atoms with van der Waals surface area (Å²) in [6.45, 7) is 3.58. The van der Waals surface area contributed by atoms with E-state index in [1.165, 1.54) is 83.5 Å². The highest BCUT2D eigenvalue weighted by molar-refractivity contribution is 4.54. The Morgan fingerprint density at radius 2 is 0.957 bits per heavy atom. The molecule has 0 unspecified atom stereocenters. The lowest BCUT2D eigenvalue weighted by molar-refractivity contribution is -0.313. The molecule has 4 N–H and O–H groups in total. The number of hydrogen-bond donors (Lipinski definition) is 4. The Balaban J connectivity index is 3.00. The van der Waals surface area contributed by atoms with E-state index in [1.807, 2.05) is 0 Å². The summed E-state index contributed by atoms with van der Waals surface area (Å²) >= 11 is 0. The van der Waals surface area contributed by atoms with Crippen molar-refractivity contribution in [3.63, 3.8) is 0 Å². The highest BCUT2D eigenvalue weighted by atomic mass is 16.7. The van der Waals surface area contributed by atoms with Crippen molar-refractivity contribution in [2.24, 2.45) is 0 Å². The monoisotopic (exact) mass is 331 g/mol. The van der Waals surface area contributed by atoms with Crippen LogP contribution >= 0.6 is 0 Å². The maximum Gasteiger partial charge on any atom is 0.276 e. The van der Waals surface area contributed by atoms with Crippen molar-refractivity contribution in [2.75, 3.05) is 13.1 Å². The molecule has 0 fully saturated rings. The van der Waals surface area contributed by atoms with Gasteiger partial charge in [-0.25, -0.2) is 0 Å². The largest absolute Gasteiger partial charge is 0.344 e. The Morgan fingerprint density at radius 3 is 1.35 bits per heavy atom. The Kier molecular flexibility index (Phi) is 16.6. The van der Waals surface area contributed by atoms with Crippen LogP contribution in [-0.4, -0.2) is 34.4 Å². The molecular formula is C19H41NO3. The molecular weight excluding hydrogens is 290 g/mol. The van der Waals surface area contributed by atoms with Crippen molar-refractivity contribution in [1.29, 1.82) is 0 Å². The van der Waals surface area contributed by atoms with Crippen LogP contribution in [0, 0.1) is 0 Å². The molecule has 4 nitrogen and oxygen atoms in total. The molecule has 0 rings (SSSR count). The first-order valence-electron chi connectivity index (χ1n) is 9.94. The number of hydrogen-bond acceptors (Lipinski definition) is 4. The zero-order chi connectivity index (χ0) is 17.2. The second-order valence-electron chi connectivity index (χ2n) is 6.87. The van der Waals surface area contributed by atoms with Crippen molar-refractivity contribution < 1.29 is 15.3 Å². The minimum absolute atomic E-state index is 0.0500. The van der Waals surface area contributed by atoms with Gasteiger partial charge in [0.2, 0.25) is 0 Å². The zero-order valence-electron chi connectivity index (χ0n) is 15.4. The van der Waals surface area contributed by atoms with Crippen LogP contribution in [0.25, 0.3) is 0 Å². The summed E-state index contributed by atoms with van der Waals surface area (Å²) < 4.78 is 0. The Hall–Kier alpha value is -0.160. The Bertz CT molecular complexity index is 229. The van der Waals surface area contributed by atoms with Gasteiger partial charge in [-0.3, -0.25) is 0 Å². The molecule has 0 radical (unpaired) electrons. The first-order valence-corrected chi connectivity index (χ1v) is 9.94. The summed E-state index contributed by atoms with van der Waals surface area (Å²) in [6.07, 6.45) is 18.9. The van der Waals surface area contributed by atoms with Gasteiger partial charge in [0.25, 0.3) is 5.97 Å². The van der Waals surface area contributed by atoms with Gasteiger partial charge in [-0.15, -0.1) is 0 Å². The minimum atomic E-state index is -2.53. The first-order chi connectivity index (χ1) is 11.1. The van der Waals surface area contributed by atoms with Crippen molar-refractivity contribution in [2.45, 2.75) is 109 Å². The highest BCUT2D eigenvalue weighted by Gasteiger charge is 2.16. The number of unbranched alkanes of at least 4 members (excludes halogenated alkanes) is 13. The third-order valence-electron chi connectivity index (χ3n) is 4.34. The van der Waals surface area contributed by atoms with E-state index >= 15 is 0 Å². The molecule has 4 heteroatoms. The SMILES string of the molecule is CCCCCCCCCCCCCCCCNCCC(O)(O)O. The van der Waals surface area contributed by atoms with Crippen LogP contribution in [0.4, 0.5) is 0 Å². The van der Waals surface area contributed by atoms with Crippen molar-refractivity contribution in [3.8, 4) is 0 Å². The summed E-state index contributed by atoms with van der Waals surface area (Å²) in [5.41, 5.74) is 0. The van der Waals surface area contributed by atoms with Gasteiger partial charge in [-0.05, 0) is 13.0 Å². The van der Waals surface area contributed by atoms with Gasteiger partial charge < -0.3 is 20.6 Å². The minimum Gasteiger partial charge on any atom is -0.344 e. The molecule has 0 heterocycles. The molecule has 0 aliphatic rings. The lowest BCUT2D eigenvalue weighted by atomic mass is 10.0. The smallest absolute Gasteiger partial charge is 0.276 e. The van der Waals surface area contributed by atoms with Crippen LogP contribution in [0.5, 0.6) is 0 Å². The molecule has 140 valence electrons. The summed E-state index contributed by atoms with van der Waals surface area (Å²) in [4.78, 5) is 0. The van der Waals surface area contributed by atoms with Crippen molar-refractivity contribution in [1.82, 2.24) is 5.32 Å². The van der Waals surface area contributed by atoms with Gasteiger partial charge in [0.05, 0.1) is 0 Å². The van der Waals surface area contributed by atoms with Crippen LogP contribution < -0.4 is 5.32 Å². The molecule has 0 bridgehead atoms. The molecule has 0 saturated heterocycles. The van der Waals surface area contributed by atoms with E-state index < -0.39 is 5.97 Å². The lowest BCUT2D eigenvalue weighted by Gasteiger charge is -2.13. The second kappa shape index (κ2) is 16.7. The predicted octanol–water partition coefficient (Wildman–Crippen LogP) is 4.08. The molecule has 23 heavy (non-hydrogen) atoms. The van der Waals surface area contributed by atoms with Crippen LogP contribution in [-0.2, 0) is 0 Å². The van der Waals surface area contributed by atoms with Crippen LogP contribution in [0.3, 0.4) is 0 Å². The molecule has 0 aromatic heterocycles. The van der Waals surface area contributed by atoms with E-state index in [0.717, 1.165) is 13.0 Å². The quantitative estimate of drug-likeness (QED) is 0.226. The normalized spacial score (nSPS) is 12.0. The molecule has 0 amide bonds. The van der Waals surface area contributed by atoms with E-state index in [1.54, 1.807) is 0 Å². The van der Waals surface area contributed by atoms with Crippen molar-refractivity contribution >= 4 is 0 Å².